The first-order valence-electron chi connectivity index (χ1n) is 3.82. The van der Waals surface area contributed by atoms with Crippen molar-refractivity contribution in [3.8, 4) is 0 Å². The van der Waals surface area contributed by atoms with E-state index in [0.29, 0.717) is 12.1 Å². The lowest BCUT2D eigenvalue weighted by Gasteiger charge is -2.14. The molecule has 1 saturated carbocycles. The molecule has 0 aromatic carbocycles. The number of fused-ring (bicyclic) bond motifs is 1. The summed E-state index contributed by atoms with van der Waals surface area (Å²) in [5, 5.41) is 2.95. The van der Waals surface area contributed by atoms with E-state index in [4.69, 9.17) is 0 Å². The Labute approximate surface area is 60.4 Å². The molecule has 0 bridgehead atoms. The number of carbonyl (C=O) groups is 1. The molecular formula is C7H12N2O. The number of likely N-dealkylation sites (N-methyl/N-ethyl adjacent to an activating group) is 1. The minimum absolute atomic E-state index is 0.106. The summed E-state index contributed by atoms with van der Waals surface area (Å²) < 4.78 is 0. The van der Waals surface area contributed by atoms with E-state index in [9.17, 15) is 4.79 Å². The Morgan fingerprint density at radius 2 is 2.40 bits per heavy atom. The lowest BCUT2D eigenvalue weighted by molar-refractivity contribution is 0.215. The number of carbonyl (C=O) groups excluding carboxylic acids is 1. The predicted molar refractivity (Wildman–Crippen MR) is 37.7 cm³/mol. The first-order chi connectivity index (χ1) is 4.79. The van der Waals surface area contributed by atoms with Crippen LogP contribution in [0.5, 0.6) is 0 Å². The molecule has 2 fully saturated rings. The number of nitrogens with zero attached hydrogens (tertiary/aromatic N) is 1. The van der Waals surface area contributed by atoms with Gasteiger partial charge in [0.05, 0.1) is 12.1 Å². The quantitative estimate of drug-likeness (QED) is 0.524. The summed E-state index contributed by atoms with van der Waals surface area (Å²) in [6.45, 7) is 0. The number of nitrogens with one attached hydrogen (secondary N) is 1. The van der Waals surface area contributed by atoms with E-state index in [1.165, 1.54) is 19.3 Å². The Bertz CT molecular complexity index is 169. The minimum atomic E-state index is 0.106. The molecule has 56 valence electrons. The zero-order valence-corrected chi connectivity index (χ0v) is 6.13. The van der Waals surface area contributed by atoms with Crippen LogP contribution in [0, 0.1) is 0 Å². The summed E-state index contributed by atoms with van der Waals surface area (Å²) in [4.78, 5) is 12.8. The third-order valence-corrected chi connectivity index (χ3v) is 2.61. The van der Waals surface area contributed by atoms with Gasteiger partial charge >= 0.3 is 6.03 Å². The van der Waals surface area contributed by atoms with Crippen LogP contribution < -0.4 is 5.32 Å². The fourth-order valence-electron chi connectivity index (χ4n) is 1.98. The van der Waals surface area contributed by atoms with Crippen LogP contribution in [0.1, 0.15) is 19.3 Å². The average molecular weight is 140 g/mol. The molecule has 2 rings (SSSR count). The molecule has 1 unspecified atom stereocenters. The van der Waals surface area contributed by atoms with Crippen molar-refractivity contribution in [2.45, 2.75) is 31.3 Å². The molecule has 2 atom stereocenters. The van der Waals surface area contributed by atoms with E-state index < -0.39 is 0 Å². The van der Waals surface area contributed by atoms with Gasteiger partial charge in [0, 0.05) is 7.05 Å². The summed E-state index contributed by atoms with van der Waals surface area (Å²) >= 11 is 0. The van der Waals surface area contributed by atoms with Crippen molar-refractivity contribution in [1.82, 2.24) is 10.2 Å². The zero-order chi connectivity index (χ0) is 7.14. The van der Waals surface area contributed by atoms with E-state index >= 15 is 0 Å². The SMILES string of the molecule is CN1C(=O)N[C@@H]2CCCC21. The number of hydrogen-bond acceptors (Lipinski definition) is 1. The van der Waals surface area contributed by atoms with E-state index in [1.54, 1.807) is 0 Å². The van der Waals surface area contributed by atoms with Crippen LogP contribution in [-0.4, -0.2) is 30.1 Å². The zero-order valence-electron chi connectivity index (χ0n) is 6.13. The molecular weight excluding hydrogens is 128 g/mol. The highest BCUT2D eigenvalue weighted by molar-refractivity contribution is 5.77. The van der Waals surface area contributed by atoms with Gasteiger partial charge in [-0.15, -0.1) is 0 Å². The maximum absolute atomic E-state index is 11.0. The van der Waals surface area contributed by atoms with Gasteiger partial charge in [-0.25, -0.2) is 4.79 Å². The topological polar surface area (TPSA) is 32.3 Å². The van der Waals surface area contributed by atoms with Gasteiger partial charge in [-0.1, -0.05) is 0 Å². The first kappa shape index (κ1) is 6.01. The van der Waals surface area contributed by atoms with Gasteiger partial charge in [0.25, 0.3) is 0 Å². The largest absolute Gasteiger partial charge is 0.333 e. The van der Waals surface area contributed by atoms with Crippen molar-refractivity contribution in [2.75, 3.05) is 7.05 Å². The molecule has 3 heteroatoms. The molecule has 0 aromatic heterocycles. The Balaban J connectivity index is 2.16. The highest BCUT2D eigenvalue weighted by Gasteiger charge is 2.39. The van der Waals surface area contributed by atoms with Crippen molar-refractivity contribution in [2.24, 2.45) is 0 Å². The number of hydrogen-bond donors (Lipinski definition) is 1. The highest BCUT2D eigenvalue weighted by Crippen LogP contribution is 2.27. The van der Waals surface area contributed by atoms with Crippen LogP contribution in [0.15, 0.2) is 0 Å². The van der Waals surface area contributed by atoms with Gasteiger partial charge in [-0.2, -0.15) is 0 Å². The Kier molecular flexibility index (Phi) is 1.13. The maximum atomic E-state index is 11.0. The second-order valence-electron chi connectivity index (χ2n) is 3.17. The molecule has 2 aliphatic rings. The summed E-state index contributed by atoms with van der Waals surface area (Å²) in [5.74, 6) is 0. The monoisotopic (exact) mass is 140 g/mol. The Morgan fingerprint density at radius 1 is 1.60 bits per heavy atom. The summed E-state index contributed by atoms with van der Waals surface area (Å²) in [6, 6.07) is 1.06. The van der Waals surface area contributed by atoms with E-state index in [2.05, 4.69) is 5.32 Å². The summed E-state index contributed by atoms with van der Waals surface area (Å²) in [7, 11) is 1.88. The third-order valence-electron chi connectivity index (χ3n) is 2.61. The van der Waals surface area contributed by atoms with Gasteiger partial charge in [0.15, 0.2) is 0 Å². The van der Waals surface area contributed by atoms with Crippen molar-refractivity contribution >= 4 is 6.03 Å². The smallest absolute Gasteiger partial charge is 0.317 e. The highest BCUT2D eigenvalue weighted by atomic mass is 16.2. The fraction of sp³-hybridized carbons (Fsp3) is 0.857. The fourth-order valence-corrected chi connectivity index (χ4v) is 1.98. The molecule has 0 radical (unpaired) electrons. The van der Waals surface area contributed by atoms with Crippen LogP contribution in [0.4, 0.5) is 4.79 Å². The van der Waals surface area contributed by atoms with Crippen molar-refractivity contribution in [1.29, 1.82) is 0 Å². The second-order valence-corrected chi connectivity index (χ2v) is 3.17. The lowest BCUT2D eigenvalue weighted by Crippen LogP contribution is -2.29. The van der Waals surface area contributed by atoms with Crippen molar-refractivity contribution < 1.29 is 4.79 Å². The first-order valence-corrected chi connectivity index (χ1v) is 3.82. The number of rotatable bonds is 0. The average Bonchev–Trinajstić information content (AvgIpc) is 2.41. The van der Waals surface area contributed by atoms with Crippen molar-refractivity contribution in [3.63, 3.8) is 0 Å². The van der Waals surface area contributed by atoms with Crippen LogP contribution in [0.2, 0.25) is 0 Å². The van der Waals surface area contributed by atoms with E-state index in [0.717, 1.165) is 0 Å². The molecule has 1 aliphatic carbocycles. The lowest BCUT2D eigenvalue weighted by atomic mass is 10.2. The Morgan fingerprint density at radius 3 is 3.10 bits per heavy atom. The molecule has 3 nitrogen and oxygen atoms in total. The van der Waals surface area contributed by atoms with Crippen molar-refractivity contribution in [3.05, 3.63) is 0 Å². The number of amides is 2. The van der Waals surface area contributed by atoms with Crippen LogP contribution in [-0.2, 0) is 0 Å². The normalized spacial score (nSPS) is 38.1. The molecule has 1 saturated heterocycles. The second kappa shape index (κ2) is 1.87. The van der Waals surface area contributed by atoms with Gasteiger partial charge in [0.1, 0.15) is 0 Å². The standard InChI is InChI=1S/C7H12N2O/c1-9-6-4-2-3-5(6)8-7(9)10/h5-6H,2-4H2,1H3,(H,8,10)/t5-,6?/m1/s1. The predicted octanol–water partition coefficient (Wildman–Crippen LogP) is 0.562. The minimum Gasteiger partial charge on any atom is -0.333 e. The number of urea groups is 1. The molecule has 1 heterocycles. The van der Waals surface area contributed by atoms with Gasteiger partial charge in [0.2, 0.25) is 0 Å². The summed E-state index contributed by atoms with van der Waals surface area (Å²) in [5.41, 5.74) is 0. The van der Waals surface area contributed by atoms with Crippen LogP contribution in [0.25, 0.3) is 0 Å². The van der Waals surface area contributed by atoms with Crippen LogP contribution in [0.3, 0.4) is 0 Å². The molecule has 10 heavy (non-hydrogen) atoms. The molecule has 1 N–H and O–H groups in total. The van der Waals surface area contributed by atoms with E-state index in [1.807, 2.05) is 11.9 Å². The third kappa shape index (κ3) is 0.632. The van der Waals surface area contributed by atoms with Gasteiger partial charge < -0.3 is 10.2 Å². The molecule has 0 spiro atoms. The van der Waals surface area contributed by atoms with E-state index in [-0.39, 0.29) is 6.03 Å². The summed E-state index contributed by atoms with van der Waals surface area (Å²) in [6.07, 6.45) is 3.61. The van der Waals surface area contributed by atoms with Crippen LogP contribution >= 0.6 is 0 Å². The molecule has 2 amide bonds. The Hall–Kier alpha value is -0.730. The molecule has 0 aromatic rings. The maximum Gasteiger partial charge on any atom is 0.317 e. The van der Waals surface area contributed by atoms with Gasteiger partial charge in [-0.05, 0) is 19.3 Å². The molecule has 1 aliphatic heterocycles. The van der Waals surface area contributed by atoms with Gasteiger partial charge in [-0.3, -0.25) is 0 Å².